The summed E-state index contributed by atoms with van der Waals surface area (Å²) in [6, 6.07) is 6.12. The third-order valence-electron chi connectivity index (χ3n) is 4.50. The standard InChI is InChI=1S/C17H19FN4O2/c18-13-5-3-12(4-6-13)17(7-1-2-8-17)16(24)21-14-9-20-22(10-14)11-15(19)23/h3-6,9-10H,1-2,7-8,11H2,(H2,19,23)(H,21,24). The van der Waals surface area contributed by atoms with Gasteiger partial charge in [-0.2, -0.15) is 5.10 Å². The number of primary amides is 1. The van der Waals surface area contributed by atoms with Gasteiger partial charge in [-0.05, 0) is 30.5 Å². The van der Waals surface area contributed by atoms with E-state index in [2.05, 4.69) is 10.4 Å². The van der Waals surface area contributed by atoms with Gasteiger partial charge in [0.05, 0.1) is 17.3 Å². The molecule has 1 aliphatic carbocycles. The van der Waals surface area contributed by atoms with Crippen LogP contribution < -0.4 is 11.1 Å². The lowest BCUT2D eigenvalue weighted by Gasteiger charge is -2.28. The van der Waals surface area contributed by atoms with E-state index in [0.29, 0.717) is 5.69 Å². The minimum Gasteiger partial charge on any atom is -0.368 e. The van der Waals surface area contributed by atoms with Crippen molar-refractivity contribution in [1.29, 1.82) is 0 Å². The van der Waals surface area contributed by atoms with Crippen molar-refractivity contribution in [2.24, 2.45) is 5.73 Å². The summed E-state index contributed by atoms with van der Waals surface area (Å²) in [5.74, 6) is -0.959. The van der Waals surface area contributed by atoms with Crippen molar-refractivity contribution in [3.8, 4) is 0 Å². The van der Waals surface area contributed by atoms with E-state index < -0.39 is 11.3 Å². The molecule has 24 heavy (non-hydrogen) atoms. The maximum atomic E-state index is 13.2. The smallest absolute Gasteiger partial charge is 0.239 e. The van der Waals surface area contributed by atoms with Gasteiger partial charge in [-0.15, -0.1) is 0 Å². The quantitative estimate of drug-likeness (QED) is 0.878. The fourth-order valence-electron chi connectivity index (χ4n) is 3.32. The lowest BCUT2D eigenvalue weighted by atomic mass is 9.78. The Bertz CT molecular complexity index is 748. The number of hydrogen-bond acceptors (Lipinski definition) is 3. The van der Waals surface area contributed by atoms with Crippen LogP contribution in [0.2, 0.25) is 0 Å². The summed E-state index contributed by atoms with van der Waals surface area (Å²) < 4.78 is 14.6. The molecule has 7 heteroatoms. The molecule has 1 aromatic heterocycles. The molecular formula is C17H19FN4O2. The summed E-state index contributed by atoms with van der Waals surface area (Å²) in [6.07, 6.45) is 6.39. The zero-order valence-corrected chi connectivity index (χ0v) is 13.2. The first kappa shape index (κ1) is 16.2. The fraction of sp³-hybridized carbons (Fsp3) is 0.353. The minimum absolute atomic E-state index is 0.0427. The predicted octanol–water partition coefficient (Wildman–Crippen LogP) is 1.96. The number of hydrogen-bond donors (Lipinski definition) is 2. The van der Waals surface area contributed by atoms with Crippen molar-refractivity contribution in [2.75, 3.05) is 5.32 Å². The maximum Gasteiger partial charge on any atom is 0.239 e. The van der Waals surface area contributed by atoms with Crippen LogP contribution in [0.15, 0.2) is 36.7 Å². The molecule has 2 aromatic rings. The molecule has 2 amide bonds. The molecule has 126 valence electrons. The number of halogens is 1. The molecule has 0 spiro atoms. The SMILES string of the molecule is NC(=O)Cn1cc(NC(=O)C2(c3ccc(F)cc3)CCCC2)cn1. The highest BCUT2D eigenvalue weighted by Gasteiger charge is 2.42. The highest BCUT2D eigenvalue weighted by Crippen LogP contribution is 2.42. The van der Waals surface area contributed by atoms with Crippen LogP contribution in [0.5, 0.6) is 0 Å². The third-order valence-corrected chi connectivity index (χ3v) is 4.50. The number of nitrogens with zero attached hydrogens (tertiary/aromatic N) is 2. The fourth-order valence-corrected chi connectivity index (χ4v) is 3.32. The molecule has 1 saturated carbocycles. The summed E-state index contributed by atoms with van der Waals surface area (Å²) in [6.45, 7) is -0.0427. The number of benzene rings is 1. The molecule has 1 aliphatic rings. The Hall–Kier alpha value is -2.70. The number of rotatable bonds is 5. The Balaban J connectivity index is 1.81. The Kier molecular flexibility index (Phi) is 4.33. The monoisotopic (exact) mass is 330 g/mol. The molecule has 3 N–H and O–H groups in total. The summed E-state index contributed by atoms with van der Waals surface area (Å²) in [5, 5.41) is 6.86. The van der Waals surface area contributed by atoms with Gasteiger partial charge < -0.3 is 11.1 Å². The first-order valence-electron chi connectivity index (χ1n) is 7.88. The maximum absolute atomic E-state index is 13.2. The molecule has 0 atom stereocenters. The predicted molar refractivity (Wildman–Crippen MR) is 86.6 cm³/mol. The van der Waals surface area contributed by atoms with E-state index in [1.807, 2.05) is 0 Å². The number of carbonyl (C=O) groups excluding carboxylic acids is 2. The van der Waals surface area contributed by atoms with Gasteiger partial charge in [-0.3, -0.25) is 14.3 Å². The number of amides is 2. The largest absolute Gasteiger partial charge is 0.368 e. The van der Waals surface area contributed by atoms with Crippen LogP contribution in [0.25, 0.3) is 0 Å². The summed E-state index contributed by atoms with van der Waals surface area (Å²) >= 11 is 0. The van der Waals surface area contributed by atoms with Gasteiger partial charge in [0.1, 0.15) is 12.4 Å². The molecule has 0 radical (unpaired) electrons. The van der Waals surface area contributed by atoms with Crippen LogP contribution >= 0.6 is 0 Å². The van der Waals surface area contributed by atoms with Gasteiger partial charge in [0.15, 0.2) is 0 Å². The van der Waals surface area contributed by atoms with Crippen molar-refractivity contribution in [1.82, 2.24) is 9.78 Å². The van der Waals surface area contributed by atoms with Crippen LogP contribution in [-0.2, 0) is 21.5 Å². The molecule has 0 aliphatic heterocycles. The van der Waals surface area contributed by atoms with Crippen LogP contribution in [-0.4, -0.2) is 21.6 Å². The van der Waals surface area contributed by atoms with Gasteiger partial charge in [0, 0.05) is 6.20 Å². The Morgan fingerprint density at radius 3 is 2.54 bits per heavy atom. The van der Waals surface area contributed by atoms with Gasteiger partial charge in [-0.25, -0.2) is 4.39 Å². The Labute approximate surface area is 138 Å². The van der Waals surface area contributed by atoms with Crippen molar-refractivity contribution in [2.45, 2.75) is 37.6 Å². The first-order chi connectivity index (χ1) is 11.5. The summed E-state index contributed by atoms with van der Waals surface area (Å²) in [7, 11) is 0. The average Bonchev–Trinajstić information content (AvgIpc) is 3.18. The molecule has 1 aromatic carbocycles. The van der Waals surface area contributed by atoms with Crippen LogP contribution in [0, 0.1) is 5.82 Å². The molecule has 1 heterocycles. The van der Waals surface area contributed by atoms with Crippen LogP contribution in [0.3, 0.4) is 0 Å². The lowest BCUT2D eigenvalue weighted by Crippen LogP contribution is -2.37. The zero-order chi connectivity index (χ0) is 17.2. The topological polar surface area (TPSA) is 90.0 Å². The van der Waals surface area contributed by atoms with Gasteiger partial charge in [0.25, 0.3) is 0 Å². The number of anilines is 1. The number of carbonyl (C=O) groups is 2. The van der Waals surface area contributed by atoms with Gasteiger partial charge in [-0.1, -0.05) is 25.0 Å². The van der Waals surface area contributed by atoms with E-state index in [1.165, 1.54) is 23.0 Å². The summed E-state index contributed by atoms with van der Waals surface area (Å²) in [5.41, 5.74) is 5.80. The third kappa shape index (κ3) is 3.15. The molecule has 0 saturated heterocycles. The molecule has 3 rings (SSSR count). The van der Waals surface area contributed by atoms with Crippen molar-refractivity contribution < 1.29 is 14.0 Å². The number of nitrogens with two attached hydrogens (primary N) is 1. The average molecular weight is 330 g/mol. The molecular weight excluding hydrogens is 311 g/mol. The number of aromatic nitrogens is 2. The second-order valence-electron chi connectivity index (χ2n) is 6.14. The zero-order valence-electron chi connectivity index (χ0n) is 13.2. The highest BCUT2D eigenvalue weighted by molar-refractivity contribution is 5.99. The van der Waals surface area contributed by atoms with Gasteiger partial charge >= 0.3 is 0 Å². The van der Waals surface area contributed by atoms with Crippen molar-refractivity contribution in [3.63, 3.8) is 0 Å². The van der Waals surface area contributed by atoms with E-state index in [0.717, 1.165) is 31.2 Å². The molecule has 0 unspecified atom stereocenters. The van der Waals surface area contributed by atoms with Crippen molar-refractivity contribution in [3.05, 3.63) is 48.0 Å². The second kappa shape index (κ2) is 6.43. The molecule has 6 nitrogen and oxygen atoms in total. The van der Waals surface area contributed by atoms with Crippen LogP contribution in [0.4, 0.5) is 10.1 Å². The van der Waals surface area contributed by atoms with Crippen LogP contribution in [0.1, 0.15) is 31.2 Å². The molecule has 0 bridgehead atoms. The highest BCUT2D eigenvalue weighted by atomic mass is 19.1. The lowest BCUT2D eigenvalue weighted by molar-refractivity contribution is -0.121. The van der Waals surface area contributed by atoms with Gasteiger partial charge in [0.2, 0.25) is 11.8 Å². The normalized spacial score (nSPS) is 16.0. The van der Waals surface area contributed by atoms with E-state index in [-0.39, 0.29) is 18.3 Å². The van der Waals surface area contributed by atoms with E-state index in [4.69, 9.17) is 5.73 Å². The molecule has 1 fully saturated rings. The second-order valence-corrected chi connectivity index (χ2v) is 6.14. The van der Waals surface area contributed by atoms with Crippen molar-refractivity contribution >= 4 is 17.5 Å². The van der Waals surface area contributed by atoms with E-state index in [9.17, 15) is 14.0 Å². The minimum atomic E-state index is -0.653. The van der Waals surface area contributed by atoms with E-state index in [1.54, 1.807) is 18.3 Å². The Morgan fingerprint density at radius 2 is 1.92 bits per heavy atom. The van der Waals surface area contributed by atoms with E-state index >= 15 is 0 Å². The Morgan fingerprint density at radius 1 is 1.25 bits per heavy atom. The first-order valence-corrected chi connectivity index (χ1v) is 7.88. The summed E-state index contributed by atoms with van der Waals surface area (Å²) in [4.78, 5) is 23.8. The number of nitrogens with one attached hydrogen (secondary N) is 1.